The Morgan fingerprint density at radius 1 is 0.696 bits per heavy atom. The molecule has 0 atom stereocenters. The zero-order valence-electron chi connectivity index (χ0n) is 28.1. The third-order valence-corrected chi connectivity index (χ3v) is 22.1. The summed E-state index contributed by atoms with van der Waals surface area (Å²) in [6.45, 7) is 19.0. The van der Waals surface area contributed by atoms with Crippen molar-refractivity contribution in [3.63, 3.8) is 0 Å². The number of rotatable bonds is 4. The molecule has 0 heterocycles. The second kappa shape index (κ2) is 14.2. The molecule has 0 aromatic heterocycles. The van der Waals surface area contributed by atoms with E-state index in [1.807, 2.05) is 0 Å². The Hall–Kier alpha value is -1.36. The van der Waals surface area contributed by atoms with E-state index in [2.05, 4.69) is 172 Å². The SMILES string of the molecule is Cc1cc2c(cc1C(C)(C)C)-c1cc(C(C)(C)C)c(C)[c]([Hf]([C]3=CC=CC3)=[C](c3ccc(Br)cc3)c3ccc(Br)cc3)c1C2.Cl.Cl. The maximum atomic E-state index is 3.71. The minimum atomic E-state index is -3.03. The van der Waals surface area contributed by atoms with Crippen LogP contribution in [-0.2, 0) is 38.2 Å². The molecule has 0 aliphatic heterocycles. The van der Waals surface area contributed by atoms with E-state index in [-0.39, 0.29) is 35.6 Å². The second-order valence-corrected chi connectivity index (χ2v) is 25.0. The van der Waals surface area contributed by atoms with Crippen LogP contribution in [0.4, 0.5) is 0 Å². The molecule has 0 radical (unpaired) electrons. The van der Waals surface area contributed by atoms with Crippen molar-refractivity contribution in [3.05, 3.63) is 142 Å². The molecule has 0 fully saturated rings. The fraction of sp³-hybridized carbons (Fsp3) is 0.293. The predicted octanol–water partition coefficient (Wildman–Crippen LogP) is 12.2. The van der Waals surface area contributed by atoms with Gasteiger partial charge in [0.15, 0.2) is 0 Å². The molecule has 240 valence electrons. The molecule has 0 spiro atoms. The molecule has 0 bridgehead atoms. The summed E-state index contributed by atoms with van der Waals surface area (Å²) in [6, 6.07) is 25.8. The number of aryl methyl sites for hydroxylation is 1. The molecule has 0 unspecified atom stereocenters. The number of fused-ring (bicyclic) bond motifs is 3. The van der Waals surface area contributed by atoms with Gasteiger partial charge in [0.1, 0.15) is 0 Å². The largest absolute Gasteiger partial charge is 0.147 e. The van der Waals surface area contributed by atoms with Crippen molar-refractivity contribution in [2.45, 2.75) is 79.1 Å². The summed E-state index contributed by atoms with van der Waals surface area (Å²) in [4.78, 5) is 0. The van der Waals surface area contributed by atoms with E-state index in [4.69, 9.17) is 0 Å². The molecule has 0 nitrogen and oxygen atoms in total. The summed E-state index contributed by atoms with van der Waals surface area (Å²) in [5.41, 5.74) is 14.8. The molecule has 6 rings (SSSR count). The van der Waals surface area contributed by atoms with Gasteiger partial charge in [-0.2, -0.15) is 0 Å². The second-order valence-electron chi connectivity index (χ2n) is 14.5. The smallest absolute Gasteiger partial charge is 0.147 e. The Bertz CT molecular complexity index is 1830. The van der Waals surface area contributed by atoms with Crippen LogP contribution in [0.2, 0.25) is 0 Å². The van der Waals surface area contributed by atoms with Gasteiger partial charge in [-0.25, -0.2) is 0 Å². The van der Waals surface area contributed by atoms with Crippen molar-refractivity contribution in [1.29, 1.82) is 0 Å². The standard InChI is InChI=1S/C23H29.C13H8Br2.C5H5.2ClH.Hf/c1-14-9-16-11-17-10-15(2)21(23(6,7)8)13-19(17)18(16)12-20(14)22(3,4)5;14-12-5-1-10(2-6-12)9-11-3-7-13(15)8-4-11;1-2-4-5-3-1;;;/h9,12-13H,11H2,1-8H3;1-8H;1-3H,4H2;2*1H;. The van der Waals surface area contributed by atoms with Gasteiger partial charge in [0.2, 0.25) is 0 Å². The summed E-state index contributed by atoms with van der Waals surface area (Å²) in [7, 11) is 0. The van der Waals surface area contributed by atoms with Gasteiger partial charge in [-0.3, -0.25) is 0 Å². The van der Waals surface area contributed by atoms with Crippen LogP contribution >= 0.6 is 56.7 Å². The summed E-state index contributed by atoms with van der Waals surface area (Å²) in [5.74, 6) is 0. The molecule has 46 heavy (non-hydrogen) atoms. The monoisotopic (exact) mass is 944 g/mol. The van der Waals surface area contributed by atoms with Crippen molar-refractivity contribution >= 4 is 63.2 Å². The van der Waals surface area contributed by atoms with Crippen LogP contribution in [0.15, 0.2) is 97.2 Å². The first-order valence-corrected chi connectivity index (χ1v) is 22.7. The Balaban J connectivity index is 0.00000240. The van der Waals surface area contributed by atoms with Gasteiger partial charge in [0, 0.05) is 0 Å². The number of hydrogen-bond donors (Lipinski definition) is 0. The number of halogens is 4. The van der Waals surface area contributed by atoms with Crippen molar-refractivity contribution in [3.8, 4) is 11.1 Å². The van der Waals surface area contributed by atoms with Gasteiger partial charge < -0.3 is 0 Å². The fourth-order valence-corrected chi connectivity index (χ4v) is 20.1. The van der Waals surface area contributed by atoms with E-state index in [1.54, 1.807) is 15.5 Å². The molecular weight excluding hydrogens is 902 g/mol. The predicted molar refractivity (Wildman–Crippen MR) is 209 cm³/mol. The molecule has 0 saturated carbocycles. The summed E-state index contributed by atoms with van der Waals surface area (Å²) in [5, 5.41) is 0. The molecular formula is C41H44Br2Cl2Hf. The Labute approximate surface area is 313 Å². The average Bonchev–Trinajstić information content (AvgIpc) is 3.59. The van der Waals surface area contributed by atoms with Crippen LogP contribution < -0.4 is 3.32 Å². The van der Waals surface area contributed by atoms with E-state index in [0.717, 1.165) is 21.8 Å². The first-order valence-electron chi connectivity index (χ1n) is 15.7. The van der Waals surface area contributed by atoms with Crippen LogP contribution in [0, 0.1) is 13.8 Å². The molecule has 2 aliphatic rings. The summed E-state index contributed by atoms with van der Waals surface area (Å²) >= 11 is 4.40. The average molecular weight is 946 g/mol. The normalized spacial score (nSPS) is 13.4. The van der Waals surface area contributed by atoms with Gasteiger partial charge in [-0.15, -0.1) is 24.8 Å². The Morgan fingerprint density at radius 2 is 1.22 bits per heavy atom. The van der Waals surface area contributed by atoms with Crippen molar-refractivity contribution in [2.75, 3.05) is 0 Å². The molecule has 2 aliphatic carbocycles. The number of benzene rings is 4. The third-order valence-electron chi connectivity index (χ3n) is 9.28. The van der Waals surface area contributed by atoms with Crippen LogP contribution in [0.3, 0.4) is 0 Å². The van der Waals surface area contributed by atoms with Crippen molar-refractivity contribution in [1.82, 2.24) is 0 Å². The van der Waals surface area contributed by atoms with Crippen LogP contribution in [0.5, 0.6) is 0 Å². The van der Waals surface area contributed by atoms with Gasteiger partial charge in [0.05, 0.1) is 0 Å². The van der Waals surface area contributed by atoms with Crippen LogP contribution in [0.25, 0.3) is 11.1 Å². The third kappa shape index (κ3) is 7.16. The molecule has 4 aromatic carbocycles. The van der Waals surface area contributed by atoms with Crippen LogP contribution in [-0.4, -0.2) is 3.26 Å². The Kier molecular flexibility index (Phi) is 11.6. The molecule has 4 aromatic rings. The molecule has 0 amide bonds. The van der Waals surface area contributed by atoms with Crippen molar-refractivity contribution in [2.24, 2.45) is 0 Å². The summed E-state index contributed by atoms with van der Waals surface area (Å²) in [6.07, 6.45) is 9.24. The van der Waals surface area contributed by atoms with E-state index in [9.17, 15) is 0 Å². The summed E-state index contributed by atoms with van der Waals surface area (Å²) < 4.78 is 7.22. The zero-order valence-corrected chi connectivity index (χ0v) is 36.5. The number of hydrogen-bond acceptors (Lipinski definition) is 0. The maximum Gasteiger partial charge on any atom is -0.147 e. The topological polar surface area (TPSA) is 0 Å². The fourth-order valence-electron chi connectivity index (χ4n) is 7.31. The first-order chi connectivity index (χ1) is 20.7. The van der Waals surface area contributed by atoms with E-state index >= 15 is 0 Å². The van der Waals surface area contributed by atoms with Crippen molar-refractivity contribution < 1.29 is 21.0 Å². The van der Waals surface area contributed by atoms with E-state index in [1.165, 1.54) is 50.1 Å². The minimum absolute atomic E-state index is 0. The van der Waals surface area contributed by atoms with Gasteiger partial charge in [-0.05, 0) is 0 Å². The molecule has 5 heteroatoms. The van der Waals surface area contributed by atoms with Gasteiger partial charge in [-0.1, -0.05) is 0 Å². The zero-order chi connectivity index (χ0) is 31.6. The van der Waals surface area contributed by atoms with E-state index < -0.39 is 21.0 Å². The number of allylic oxidation sites excluding steroid dienone is 4. The maximum absolute atomic E-state index is 3.71. The van der Waals surface area contributed by atoms with Gasteiger partial charge >= 0.3 is 291 Å². The van der Waals surface area contributed by atoms with Gasteiger partial charge in [0.25, 0.3) is 0 Å². The Morgan fingerprint density at radius 3 is 1.70 bits per heavy atom. The minimum Gasteiger partial charge on any atom is -0.147 e. The molecule has 0 saturated heterocycles. The first kappa shape index (κ1) is 37.5. The quantitative estimate of drug-likeness (QED) is 0.158. The van der Waals surface area contributed by atoms with Crippen LogP contribution in [0.1, 0.15) is 92.5 Å². The molecule has 0 N–H and O–H groups in total. The van der Waals surface area contributed by atoms with E-state index in [0.29, 0.717) is 0 Å².